The molecular formula is C28H43N5O4. The number of nitrogens with one attached hydrogen (secondary N) is 2. The van der Waals surface area contributed by atoms with Crippen molar-refractivity contribution in [2.24, 2.45) is 10.7 Å². The van der Waals surface area contributed by atoms with Gasteiger partial charge in [-0.25, -0.2) is 0 Å². The highest BCUT2D eigenvalue weighted by Gasteiger charge is 2.17. The zero-order chi connectivity index (χ0) is 26.5. The number of Topliss-reactive ketones (excluding diaryl/α,β-unsaturated/α-hetero) is 2. The van der Waals surface area contributed by atoms with Gasteiger partial charge in [0.1, 0.15) is 11.6 Å². The van der Waals surface area contributed by atoms with Gasteiger partial charge in [0, 0.05) is 37.8 Å². The second-order valence-corrected chi connectivity index (χ2v) is 10.1. The molecule has 1 aromatic rings. The summed E-state index contributed by atoms with van der Waals surface area (Å²) in [6.07, 6.45) is 13.4. The lowest BCUT2D eigenvalue weighted by molar-refractivity contribution is -0.127. The fraction of sp³-hybridized carbons (Fsp3) is 0.607. The molecule has 0 amide bonds. The molecular weight excluding hydrogens is 470 g/mol. The number of ether oxygens (including phenoxy) is 1. The van der Waals surface area contributed by atoms with Crippen molar-refractivity contribution < 1.29 is 19.4 Å². The summed E-state index contributed by atoms with van der Waals surface area (Å²) in [7, 11) is 1.49. The number of aliphatic imine (C=N–C) groups is 1. The van der Waals surface area contributed by atoms with Crippen LogP contribution in [0.25, 0.3) is 0 Å². The zero-order valence-electron chi connectivity index (χ0n) is 22.1. The minimum absolute atomic E-state index is 0.0254. The van der Waals surface area contributed by atoms with Gasteiger partial charge in [-0.15, -0.1) is 0 Å². The molecule has 1 aliphatic carbocycles. The molecule has 9 heteroatoms. The molecule has 1 saturated carbocycles. The van der Waals surface area contributed by atoms with E-state index in [0.29, 0.717) is 37.0 Å². The molecule has 0 unspecified atom stereocenters. The van der Waals surface area contributed by atoms with Crippen LogP contribution in [0, 0.1) is 0 Å². The van der Waals surface area contributed by atoms with Crippen LogP contribution in [0.2, 0.25) is 0 Å². The van der Waals surface area contributed by atoms with Crippen LogP contribution in [0.5, 0.6) is 11.5 Å². The molecule has 1 aliphatic heterocycles. The fourth-order valence-electron chi connectivity index (χ4n) is 4.90. The molecule has 3 rings (SSSR count). The zero-order valence-corrected chi connectivity index (χ0v) is 22.1. The molecule has 5 N–H and O–H groups in total. The quantitative estimate of drug-likeness (QED) is 0.160. The van der Waals surface area contributed by atoms with Gasteiger partial charge in [0.25, 0.3) is 0 Å². The molecule has 0 radical (unpaired) electrons. The third-order valence-corrected chi connectivity index (χ3v) is 7.05. The van der Waals surface area contributed by atoms with Crippen LogP contribution in [0.4, 0.5) is 0 Å². The molecule has 0 spiro atoms. The number of benzene rings is 1. The molecule has 1 fully saturated rings. The van der Waals surface area contributed by atoms with Gasteiger partial charge in [0.2, 0.25) is 0 Å². The van der Waals surface area contributed by atoms with Gasteiger partial charge >= 0.3 is 0 Å². The summed E-state index contributed by atoms with van der Waals surface area (Å²) in [4.78, 5) is 31.8. The molecule has 0 aromatic heterocycles. The Morgan fingerprint density at radius 3 is 2.73 bits per heavy atom. The van der Waals surface area contributed by atoms with E-state index >= 15 is 0 Å². The summed E-state index contributed by atoms with van der Waals surface area (Å²) in [5.41, 5.74) is 7.15. The Morgan fingerprint density at radius 1 is 1.22 bits per heavy atom. The number of aromatic hydroxyl groups is 1. The Labute approximate surface area is 220 Å². The maximum atomic E-state index is 12.5. The first kappa shape index (κ1) is 28.3. The maximum Gasteiger partial charge on any atom is 0.189 e. The van der Waals surface area contributed by atoms with Crippen LogP contribution in [-0.2, 0) is 16.0 Å². The van der Waals surface area contributed by atoms with E-state index in [-0.39, 0.29) is 36.2 Å². The van der Waals surface area contributed by atoms with E-state index in [1.54, 1.807) is 18.2 Å². The van der Waals surface area contributed by atoms with E-state index in [9.17, 15) is 14.7 Å². The Kier molecular flexibility index (Phi) is 11.6. The van der Waals surface area contributed by atoms with Crippen LogP contribution >= 0.6 is 0 Å². The van der Waals surface area contributed by atoms with Crippen LogP contribution in [0.1, 0.15) is 76.2 Å². The summed E-state index contributed by atoms with van der Waals surface area (Å²) in [5, 5.41) is 16.3. The number of hydrogen-bond acceptors (Lipinski definition) is 7. The molecule has 1 aromatic carbocycles. The first-order valence-electron chi connectivity index (χ1n) is 13.6. The predicted molar refractivity (Wildman–Crippen MR) is 145 cm³/mol. The molecule has 9 nitrogen and oxygen atoms in total. The third kappa shape index (κ3) is 10.3. The Balaban J connectivity index is 1.41. The highest BCUT2D eigenvalue weighted by atomic mass is 16.5. The number of guanidine groups is 1. The van der Waals surface area contributed by atoms with Crippen molar-refractivity contribution in [2.45, 2.75) is 89.1 Å². The van der Waals surface area contributed by atoms with E-state index in [1.807, 2.05) is 12.4 Å². The molecule has 204 valence electrons. The normalized spacial score (nSPS) is 16.9. The smallest absolute Gasteiger partial charge is 0.189 e. The first-order valence-corrected chi connectivity index (χ1v) is 13.6. The van der Waals surface area contributed by atoms with Crippen molar-refractivity contribution in [1.29, 1.82) is 0 Å². The number of nitrogens with two attached hydrogens (primary N) is 1. The Morgan fingerprint density at radius 2 is 2.00 bits per heavy atom. The second kappa shape index (κ2) is 15.1. The molecule has 1 atom stereocenters. The lowest BCUT2D eigenvalue weighted by Gasteiger charge is -2.24. The number of rotatable bonds is 15. The number of phenolic OH excluding ortho intramolecular Hbond substituents is 1. The Hall–Kier alpha value is -3.23. The summed E-state index contributed by atoms with van der Waals surface area (Å²) in [5.74, 6) is 0.854. The van der Waals surface area contributed by atoms with Gasteiger partial charge in [-0.1, -0.05) is 25.3 Å². The van der Waals surface area contributed by atoms with Crippen LogP contribution in [-0.4, -0.2) is 59.9 Å². The van der Waals surface area contributed by atoms with E-state index in [1.165, 1.54) is 26.4 Å². The van der Waals surface area contributed by atoms with Crippen LogP contribution in [0.15, 0.2) is 35.6 Å². The van der Waals surface area contributed by atoms with E-state index in [4.69, 9.17) is 15.5 Å². The molecule has 2 aliphatic rings. The number of methoxy groups -OCH3 is 1. The average Bonchev–Trinajstić information content (AvgIpc) is 3.41. The molecule has 0 bridgehead atoms. The van der Waals surface area contributed by atoms with Crippen molar-refractivity contribution >= 4 is 17.5 Å². The number of phenols is 1. The molecule has 0 saturated heterocycles. The number of carbonyl (C=O) groups excluding carboxylic acids is 2. The Bertz CT molecular complexity index is 943. The van der Waals surface area contributed by atoms with Gasteiger partial charge in [-0.3, -0.25) is 14.6 Å². The minimum Gasteiger partial charge on any atom is -0.504 e. The number of carbonyl (C=O) groups is 2. The second-order valence-electron chi connectivity index (χ2n) is 10.1. The summed E-state index contributed by atoms with van der Waals surface area (Å²) >= 11 is 0. The maximum absolute atomic E-state index is 12.5. The van der Waals surface area contributed by atoms with Crippen molar-refractivity contribution in [3.63, 3.8) is 0 Å². The fourth-order valence-corrected chi connectivity index (χ4v) is 4.90. The number of aryl methyl sites for hydroxylation is 1. The number of ketones is 2. The van der Waals surface area contributed by atoms with E-state index < -0.39 is 0 Å². The van der Waals surface area contributed by atoms with Crippen molar-refractivity contribution in [3.05, 3.63) is 36.2 Å². The summed E-state index contributed by atoms with van der Waals surface area (Å²) < 4.78 is 5.11. The monoisotopic (exact) mass is 513 g/mol. The molecule has 1 heterocycles. The van der Waals surface area contributed by atoms with Gasteiger partial charge in [0.05, 0.1) is 26.2 Å². The first-order chi connectivity index (χ1) is 17.9. The van der Waals surface area contributed by atoms with Crippen LogP contribution in [0.3, 0.4) is 0 Å². The third-order valence-electron chi connectivity index (χ3n) is 7.05. The topological polar surface area (TPSA) is 129 Å². The summed E-state index contributed by atoms with van der Waals surface area (Å²) in [6.45, 7) is 1.68. The lowest BCUT2D eigenvalue weighted by Crippen LogP contribution is -2.42. The average molecular weight is 514 g/mol. The number of nitrogens with zero attached hydrogens (tertiary/aromatic N) is 2. The summed E-state index contributed by atoms with van der Waals surface area (Å²) in [6, 6.07) is 5.46. The lowest BCUT2D eigenvalue weighted by atomic mass is 9.96. The minimum atomic E-state index is -0.0658. The van der Waals surface area contributed by atoms with E-state index in [2.05, 4.69) is 15.5 Å². The highest BCUT2D eigenvalue weighted by Crippen LogP contribution is 2.27. The SMILES string of the molecule is COc1cc(CCC(=O)CC(=O)CCC[C@H](CCN2C=CNC2)NC(N)=NC2CCCCC2)ccc1O. The van der Waals surface area contributed by atoms with Crippen molar-refractivity contribution in [2.75, 3.05) is 20.3 Å². The number of hydrogen-bond donors (Lipinski definition) is 4. The standard InChI is InChI=1S/C28H43N5O4/c1-37-27-18-21(11-13-26(27)36)10-12-25(35)19-24(34)9-5-8-23(14-16-33-17-15-30-20-33)32-28(29)31-22-6-3-2-4-7-22/h11,13,15,17-18,22-23,30,36H,2-10,12,14,16,19-20H2,1H3,(H3,29,31,32)/t23-/m1/s1. The largest absolute Gasteiger partial charge is 0.504 e. The van der Waals surface area contributed by atoms with Gasteiger partial charge in [-0.2, -0.15) is 0 Å². The molecule has 37 heavy (non-hydrogen) atoms. The van der Waals surface area contributed by atoms with Crippen LogP contribution < -0.4 is 21.1 Å². The van der Waals surface area contributed by atoms with Crippen molar-refractivity contribution in [3.8, 4) is 11.5 Å². The van der Waals surface area contributed by atoms with Gasteiger partial charge < -0.3 is 31.1 Å². The van der Waals surface area contributed by atoms with E-state index in [0.717, 1.165) is 44.5 Å². The van der Waals surface area contributed by atoms with Gasteiger partial charge in [-0.05, 0) is 56.2 Å². The van der Waals surface area contributed by atoms with Gasteiger partial charge in [0.15, 0.2) is 17.5 Å². The predicted octanol–water partition coefficient (Wildman–Crippen LogP) is 3.36. The van der Waals surface area contributed by atoms with Crippen molar-refractivity contribution in [1.82, 2.24) is 15.5 Å². The highest BCUT2D eigenvalue weighted by molar-refractivity contribution is 5.99.